The number of para-hydroxylation sites is 6. The van der Waals surface area contributed by atoms with Crippen molar-refractivity contribution in [3.8, 4) is 12.1 Å². The molecule has 0 aliphatic heterocycles. The fourth-order valence-electron chi connectivity index (χ4n) is 6.36. The molecule has 7 aromatic rings. The summed E-state index contributed by atoms with van der Waals surface area (Å²) < 4.78 is 0. The van der Waals surface area contributed by atoms with Crippen LogP contribution in [-0.2, 0) is 0 Å². The van der Waals surface area contributed by atoms with Gasteiger partial charge in [0, 0.05) is 34.1 Å². The number of nitrogens with zero attached hydrogens (tertiary/aromatic N) is 6. The second-order valence-corrected chi connectivity index (χ2v) is 11.5. The molecule has 0 saturated carbocycles. The van der Waals surface area contributed by atoms with Gasteiger partial charge in [0.05, 0.1) is 34.8 Å². The van der Waals surface area contributed by atoms with Crippen molar-refractivity contribution in [3.63, 3.8) is 0 Å². The fourth-order valence-corrected chi connectivity index (χ4v) is 6.36. The normalized spacial score (nSPS) is 10.3. The highest BCUT2D eigenvalue weighted by molar-refractivity contribution is 6.07. The van der Waals surface area contributed by atoms with Gasteiger partial charge in [0.1, 0.15) is 12.1 Å². The maximum atomic E-state index is 11.4. The number of hydrogen-bond donors (Lipinski definition) is 0. The Morgan fingerprint density at radius 1 is 0.353 bits per heavy atom. The van der Waals surface area contributed by atoms with E-state index in [0.717, 1.165) is 34.1 Å². The summed E-state index contributed by atoms with van der Waals surface area (Å²) in [6.07, 6.45) is 0. The molecule has 0 aromatic heterocycles. The van der Waals surface area contributed by atoms with Crippen LogP contribution in [0.4, 0.5) is 56.9 Å². The van der Waals surface area contributed by atoms with Gasteiger partial charge in [-0.3, -0.25) is 0 Å². The van der Waals surface area contributed by atoms with E-state index in [0.29, 0.717) is 17.1 Å². The van der Waals surface area contributed by atoms with Gasteiger partial charge in [-0.2, -0.15) is 10.5 Å². The molecule has 7 aromatic carbocycles. The van der Waals surface area contributed by atoms with E-state index in [2.05, 4.69) is 17.0 Å². The first kappa shape index (κ1) is 32.0. The Bertz CT molecular complexity index is 1970. The summed E-state index contributed by atoms with van der Waals surface area (Å²) in [5, 5.41) is 22.7. The van der Waals surface area contributed by atoms with Crippen molar-refractivity contribution in [2.45, 2.75) is 0 Å². The first-order valence-electron chi connectivity index (χ1n) is 16.4. The summed E-state index contributed by atoms with van der Waals surface area (Å²) in [4.78, 5) is 10.1. The number of nitriles is 2. The van der Waals surface area contributed by atoms with Gasteiger partial charge in [0.15, 0.2) is 0 Å². The van der Waals surface area contributed by atoms with Crippen molar-refractivity contribution in [1.29, 1.82) is 10.5 Å². The molecule has 0 atom stereocenters. The molecule has 0 radical (unpaired) electrons. The smallest absolute Gasteiger partial charge is 0.236 e. The zero-order valence-electron chi connectivity index (χ0n) is 27.5. The highest BCUT2D eigenvalue weighted by atomic mass is 15.2. The molecule has 7 rings (SSSR count). The van der Waals surface area contributed by atoms with Gasteiger partial charge >= 0.3 is 0 Å². The topological polar surface area (TPSA) is 61.7 Å². The molecule has 0 unspecified atom stereocenters. The lowest BCUT2D eigenvalue weighted by molar-refractivity contribution is 1.20. The molecule has 6 nitrogen and oxygen atoms in total. The highest BCUT2D eigenvalue weighted by Gasteiger charge is 2.35. The van der Waals surface area contributed by atoms with Crippen molar-refractivity contribution in [3.05, 3.63) is 205 Å². The Labute approximate surface area is 298 Å². The summed E-state index contributed by atoms with van der Waals surface area (Å²) in [5.41, 5.74) is 6.13. The van der Waals surface area contributed by atoms with E-state index < -0.39 is 0 Å². The van der Waals surface area contributed by atoms with Crippen LogP contribution in [0.25, 0.3) is 4.85 Å². The molecular formula is C45H30N6. The van der Waals surface area contributed by atoms with Crippen LogP contribution in [0.1, 0.15) is 11.1 Å². The van der Waals surface area contributed by atoms with Gasteiger partial charge in [-0.1, -0.05) is 109 Å². The third-order valence-electron chi connectivity index (χ3n) is 8.49. The first-order valence-corrected chi connectivity index (χ1v) is 16.4. The van der Waals surface area contributed by atoms with Crippen molar-refractivity contribution in [1.82, 2.24) is 0 Å². The monoisotopic (exact) mass is 654 g/mol. The molecule has 240 valence electrons. The van der Waals surface area contributed by atoms with E-state index in [4.69, 9.17) is 6.57 Å². The lowest BCUT2D eigenvalue weighted by Gasteiger charge is -2.36. The van der Waals surface area contributed by atoms with Crippen LogP contribution in [0, 0.1) is 29.2 Å². The van der Waals surface area contributed by atoms with E-state index in [1.807, 2.05) is 197 Å². The summed E-state index contributed by atoms with van der Waals surface area (Å²) in [6.45, 7) is 8.85. The lowest BCUT2D eigenvalue weighted by atomic mass is 9.96. The summed E-state index contributed by atoms with van der Waals surface area (Å²) in [5.74, 6) is 0. The number of benzene rings is 7. The molecule has 0 amide bonds. The zero-order chi connectivity index (χ0) is 35.0. The van der Waals surface area contributed by atoms with Crippen LogP contribution < -0.4 is 14.7 Å². The summed E-state index contributed by atoms with van der Waals surface area (Å²) in [6, 6.07) is 63.2. The standard InChI is InChI=1S/C45H30N6/c1-48-42-44(50(36-24-12-4-13-25-36)37-26-14-5-15-27-37)40(32-46)43(49(34-20-8-2-9-21-34)35-22-10-3-11-23-35)41(33-47)45(42)51(38-28-16-6-17-29-38)39-30-18-7-19-31-39/h2-31H. The van der Waals surface area contributed by atoms with Crippen molar-refractivity contribution >= 4 is 56.9 Å². The van der Waals surface area contributed by atoms with Crippen LogP contribution in [0.2, 0.25) is 0 Å². The zero-order valence-corrected chi connectivity index (χ0v) is 27.5. The van der Waals surface area contributed by atoms with Crippen LogP contribution in [0.3, 0.4) is 0 Å². The van der Waals surface area contributed by atoms with Crippen molar-refractivity contribution in [2.24, 2.45) is 0 Å². The maximum absolute atomic E-state index is 11.4. The second kappa shape index (κ2) is 14.7. The number of anilines is 9. The van der Waals surface area contributed by atoms with E-state index in [1.54, 1.807) is 0 Å². The maximum Gasteiger partial charge on any atom is 0.236 e. The van der Waals surface area contributed by atoms with Crippen LogP contribution in [0.5, 0.6) is 0 Å². The fraction of sp³-hybridized carbons (Fsp3) is 0. The number of hydrogen-bond acceptors (Lipinski definition) is 5. The molecule has 6 heteroatoms. The average Bonchev–Trinajstić information content (AvgIpc) is 3.21. The molecule has 51 heavy (non-hydrogen) atoms. The molecule has 0 bridgehead atoms. The minimum atomic E-state index is 0.160. The Kier molecular flexibility index (Phi) is 9.20. The van der Waals surface area contributed by atoms with Crippen molar-refractivity contribution in [2.75, 3.05) is 14.7 Å². The average molecular weight is 655 g/mol. The highest BCUT2D eigenvalue weighted by Crippen LogP contribution is 2.57. The van der Waals surface area contributed by atoms with E-state index in [1.165, 1.54) is 0 Å². The summed E-state index contributed by atoms with van der Waals surface area (Å²) >= 11 is 0. The summed E-state index contributed by atoms with van der Waals surface area (Å²) in [7, 11) is 0. The molecule has 0 heterocycles. The van der Waals surface area contributed by atoms with E-state index in [-0.39, 0.29) is 16.8 Å². The Morgan fingerprint density at radius 3 is 0.765 bits per heavy atom. The van der Waals surface area contributed by atoms with Gasteiger partial charge in [-0.25, -0.2) is 4.85 Å². The largest absolute Gasteiger partial charge is 0.319 e. The molecule has 0 N–H and O–H groups in total. The van der Waals surface area contributed by atoms with E-state index in [9.17, 15) is 10.5 Å². The minimum absolute atomic E-state index is 0.160. The van der Waals surface area contributed by atoms with Gasteiger partial charge < -0.3 is 14.7 Å². The molecular weight excluding hydrogens is 625 g/mol. The van der Waals surface area contributed by atoms with Gasteiger partial charge in [-0.05, 0) is 72.8 Å². The quantitative estimate of drug-likeness (QED) is 0.145. The van der Waals surface area contributed by atoms with Crippen molar-refractivity contribution < 1.29 is 0 Å². The first-order chi connectivity index (χ1) is 25.2. The number of rotatable bonds is 9. The molecule has 0 aliphatic rings. The minimum Gasteiger partial charge on any atom is -0.319 e. The van der Waals surface area contributed by atoms with Gasteiger partial charge in [-0.15, -0.1) is 0 Å². The molecule has 0 aliphatic carbocycles. The Balaban J connectivity index is 1.73. The Hall–Kier alpha value is -7.59. The van der Waals surface area contributed by atoms with Gasteiger partial charge in [0.2, 0.25) is 5.69 Å². The van der Waals surface area contributed by atoms with Crippen LogP contribution in [-0.4, -0.2) is 0 Å². The molecule has 0 fully saturated rings. The molecule has 0 saturated heterocycles. The predicted molar refractivity (Wildman–Crippen MR) is 206 cm³/mol. The Morgan fingerprint density at radius 2 is 0.569 bits per heavy atom. The lowest BCUT2D eigenvalue weighted by Crippen LogP contribution is -2.21. The SMILES string of the molecule is [C-]#[N+]c1c(N(c2ccccc2)c2ccccc2)c(C#N)c(N(c2ccccc2)c2ccccc2)c(C#N)c1N(c1ccccc1)c1ccccc1. The van der Waals surface area contributed by atoms with E-state index >= 15 is 0 Å². The third-order valence-corrected chi connectivity index (χ3v) is 8.49. The molecule has 0 spiro atoms. The predicted octanol–water partition coefficient (Wildman–Crippen LogP) is 12.4. The van der Waals surface area contributed by atoms with Crippen LogP contribution in [0.15, 0.2) is 182 Å². The van der Waals surface area contributed by atoms with Crippen LogP contribution >= 0.6 is 0 Å². The second-order valence-electron chi connectivity index (χ2n) is 11.5. The third kappa shape index (κ3) is 6.12. The van der Waals surface area contributed by atoms with Gasteiger partial charge in [0.25, 0.3) is 0 Å².